The van der Waals surface area contributed by atoms with E-state index in [0.29, 0.717) is 18.9 Å². The third-order valence-corrected chi connectivity index (χ3v) is 4.35. The van der Waals surface area contributed by atoms with Gasteiger partial charge in [-0.1, -0.05) is 24.3 Å². The SMILES string of the molecule is Cc1ccccc1/C=C/C(=O)NCCNc1cc(N2CCOCC2)cnn1. The Kier molecular flexibility index (Phi) is 6.76. The number of hydrogen-bond acceptors (Lipinski definition) is 6. The third kappa shape index (κ3) is 5.79. The monoisotopic (exact) mass is 367 g/mol. The summed E-state index contributed by atoms with van der Waals surface area (Å²) in [6.07, 6.45) is 5.14. The summed E-state index contributed by atoms with van der Waals surface area (Å²) in [6, 6.07) is 9.92. The molecule has 1 aliphatic rings. The second-order valence-corrected chi connectivity index (χ2v) is 6.31. The Morgan fingerprint density at radius 3 is 2.89 bits per heavy atom. The van der Waals surface area contributed by atoms with Gasteiger partial charge in [0.1, 0.15) is 0 Å². The highest BCUT2D eigenvalue weighted by Gasteiger charge is 2.12. The second kappa shape index (κ2) is 9.68. The highest BCUT2D eigenvalue weighted by molar-refractivity contribution is 5.91. The molecule has 0 aliphatic carbocycles. The van der Waals surface area contributed by atoms with Crippen LogP contribution in [0.5, 0.6) is 0 Å². The van der Waals surface area contributed by atoms with Crippen molar-refractivity contribution < 1.29 is 9.53 Å². The number of amides is 1. The first-order valence-electron chi connectivity index (χ1n) is 9.13. The fraction of sp³-hybridized carbons (Fsp3) is 0.350. The third-order valence-electron chi connectivity index (χ3n) is 4.35. The Morgan fingerprint density at radius 2 is 2.07 bits per heavy atom. The standard InChI is InChI=1S/C20H25N5O2/c1-16-4-2-3-5-17(16)6-7-20(26)22-9-8-21-19-14-18(15-23-24-19)25-10-12-27-13-11-25/h2-7,14-15H,8-13H2,1H3,(H,21,24)(H,22,26)/b7-6+. The molecule has 1 fully saturated rings. The van der Waals surface area contributed by atoms with Gasteiger partial charge in [-0.25, -0.2) is 0 Å². The predicted molar refractivity (Wildman–Crippen MR) is 107 cm³/mol. The molecule has 27 heavy (non-hydrogen) atoms. The normalized spacial score (nSPS) is 14.3. The lowest BCUT2D eigenvalue weighted by Crippen LogP contribution is -2.36. The van der Waals surface area contributed by atoms with E-state index in [1.807, 2.05) is 43.3 Å². The number of carbonyl (C=O) groups is 1. The van der Waals surface area contributed by atoms with Crippen LogP contribution in [0.2, 0.25) is 0 Å². The number of benzene rings is 1. The molecular weight excluding hydrogens is 342 g/mol. The number of ether oxygens (including phenoxy) is 1. The van der Waals surface area contributed by atoms with Gasteiger partial charge in [-0.05, 0) is 24.1 Å². The van der Waals surface area contributed by atoms with Gasteiger partial charge in [-0.3, -0.25) is 4.79 Å². The summed E-state index contributed by atoms with van der Waals surface area (Å²) in [5, 5.41) is 14.2. The fourth-order valence-electron chi connectivity index (χ4n) is 2.81. The van der Waals surface area contributed by atoms with Crippen LogP contribution in [0.15, 0.2) is 42.6 Å². The van der Waals surface area contributed by atoms with Crippen LogP contribution in [0.25, 0.3) is 6.08 Å². The Hall–Kier alpha value is -2.93. The van der Waals surface area contributed by atoms with E-state index in [2.05, 4.69) is 25.7 Å². The average Bonchev–Trinajstić information content (AvgIpc) is 2.71. The van der Waals surface area contributed by atoms with Crippen molar-refractivity contribution in [3.63, 3.8) is 0 Å². The largest absolute Gasteiger partial charge is 0.378 e. The summed E-state index contributed by atoms with van der Waals surface area (Å²) in [4.78, 5) is 14.2. The van der Waals surface area contributed by atoms with E-state index < -0.39 is 0 Å². The van der Waals surface area contributed by atoms with Crippen LogP contribution in [0.4, 0.5) is 11.5 Å². The van der Waals surface area contributed by atoms with Crippen molar-refractivity contribution in [1.82, 2.24) is 15.5 Å². The van der Waals surface area contributed by atoms with Crippen LogP contribution in [-0.4, -0.2) is 55.5 Å². The molecule has 7 nitrogen and oxygen atoms in total. The fourth-order valence-corrected chi connectivity index (χ4v) is 2.81. The maximum atomic E-state index is 11.9. The zero-order valence-corrected chi connectivity index (χ0v) is 15.5. The maximum absolute atomic E-state index is 11.9. The van der Waals surface area contributed by atoms with Crippen LogP contribution in [0.3, 0.4) is 0 Å². The van der Waals surface area contributed by atoms with Gasteiger partial charge in [0.25, 0.3) is 0 Å². The summed E-state index contributed by atoms with van der Waals surface area (Å²) in [5.74, 6) is 0.580. The van der Waals surface area contributed by atoms with Crippen molar-refractivity contribution in [3.8, 4) is 0 Å². The molecule has 0 saturated carbocycles. The number of aromatic nitrogens is 2. The van der Waals surface area contributed by atoms with Crippen molar-refractivity contribution >= 4 is 23.5 Å². The van der Waals surface area contributed by atoms with Crippen molar-refractivity contribution in [3.05, 3.63) is 53.7 Å². The number of aryl methyl sites for hydroxylation is 1. The van der Waals surface area contributed by atoms with Gasteiger partial charge in [0.2, 0.25) is 5.91 Å². The number of nitrogens with zero attached hydrogens (tertiary/aromatic N) is 3. The van der Waals surface area contributed by atoms with Crippen molar-refractivity contribution in [2.24, 2.45) is 0 Å². The first-order chi connectivity index (χ1) is 13.2. The summed E-state index contributed by atoms with van der Waals surface area (Å²) < 4.78 is 5.37. The molecule has 0 unspecified atom stereocenters. The molecule has 7 heteroatoms. The average molecular weight is 367 g/mol. The van der Waals surface area contributed by atoms with E-state index in [-0.39, 0.29) is 5.91 Å². The Bertz CT molecular complexity index is 787. The molecule has 1 saturated heterocycles. The van der Waals surface area contributed by atoms with Gasteiger partial charge in [0.05, 0.1) is 25.1 Å². The summed E-state index contributed by atoms with van der Waals surface area (Å²) >= 11 is 0. The zero-order valence-electron chi connectivity index (χ0n) is 15.5. The van der Waals surface area contributed by atoms with Crippen LogP contribution in [-0.2, 0) is 9.53 Å². The minimum atomic E-state index is -0.117. The van der Waals surface area contributed by atoms with E-state index in [4.69, 9.17) is 4.74 Å². The number of anilines is 2. The first-order valence-corrected chi connectivity index (χ1v) is 9.13. The van der Waals surface area contributed by atoms with Crippen molar-refractivity contribution in [2.75, 3.05) is 49.6 Å². The van der Waals surface area contributed by atoms with Gasteiger partial charge in [0, 0.05) is 38.3 Å². The molecule has 0 spiro atoms. The molecule has 2 N–H and O–H groups in total. The number of hydrogen-bond donors (Lipinski definition) is 2. The molecule has 2 aromatic rings. The highest BCUT2D eigenvalue weighted by atomic mass is 16.5. The van der Waals surface area contributed by atoms with Crippen LogP contribution >= 0.6 is 0 Å². The van der Waals surface area contributed by atoms with Crippen molar-refractivity contribution in [2.45, 2.75) is 6.92 Å². The highest BCUT2D eigenvalue weighted by Crippen LogP contribution is 2.16. The Balaban J connectivity index is 1.42. The molecule has 3 rings (SSSR count). The lowest BCUT2D eigenvalue weighted by molar-refractivity contribution is -0.116. The van der Waals surface area contributed by atoms with E-state index in [1.54, 1.807) is 12.3 Å². The van der Waals surface area contributed by atoms with E-state index in [9.17, 15) is 4.79 Å². The molecule has 1 amide bonds. The number of carbonyl (C=O) groups excluding carboxylic acids is 1. The van der Waals surface area contributed by atoms with Crippen LogP contribution in [0, 0.1) is 6.92 Å². The number of nitrogens with one attached hydrogen (secondary N) is 2. The lowest BCUT2D eigenvalue weighted by atomic mass is 10.1. The molecule has 2 heterocycles. The summed E-state index contributed by atoms with van der Waals surface area (Å²) in [7, 11) is 0. The minimum absolute atomic E-state index is 0.117. The lowest BCUT2D eigenvalue weighted by Gasteiger charge is -2.28. The topological polar surface area (TPSA) is 79.4 Å². The van der Waals surface area contributed by atoms with Gasteiger partial charge < -0.3 is 20.3 Å². The predicted octanol–water partition coefficient (Wildman–Crippen LogP) is 1.86. The van der Waals surface area contributed by atoms with Crippen molar-refractivity contribution in [1.29, 1.82) is 0 Å². The minimum Gasteiger partial charge on any atom is -0.378 e. The zero-order chi connectivity index (χ0) is 18.9. The first kappa shape index (κ1) is 18.8. The van der Waals surface area contributed by atoms with Gasteiger partial charge in [0.15, 0.2) is 5.82 Å². The second-order valence-electron chi connectivity index (χ2n) is 6.31. The molecule has 142 valence electrons. The summed E-state index contributed by atoms with van der Waals surface area (Å²) in [6.45, 7) is 6.27. The number of rotatable bonds is 7. The number of morpholine rings is 1. The maximum Gasteiger partial charge on any atom is 0.244 e. The molecule has 0 atom stereocenters. The van der Waals surface area contributed by atoms with Crippen LogP contribution < -0.4 is 15.5 Å². The quantitative estimate of drug-likeness (QED) is 0.574. The molecule has 1 aromatic heterocycles. The van der Waals surface area contributed by atoms with Crippen LogP contribution in [0.1, 0.15) is 11.1 Å². The molecular formula is C20H25N5O2. The van der Waals surface area contributed by atoms with Gasteiger partial charge in [-0.15, -0.1) is 5.10 Å². The Morgan fingerprint density at radius 1 is 1.26 bits per heavy atom. The van der Waals surface area contributed by atoms with E-state index >= 15 is 0 Å². The summed E-state index contributed by atoms with van der Waals surface area (Å²) in [5.41, 5.74) is 3.21. The smallest absolute Gasteiger partial charge is 0.244 e. The molecule has 0 radical (unpaired) electrons. The van der Waals surface area contributed by atoms with E-state index in [0.717, 1.165) is 43.1 Å². The van der Waals surface area contributed by atoms with E-state index in [1.165, 1.54) is 0 Å². The molecule has 1 aromatic carbocycles. The molecule has 0 bridgehead atoms. The molecule has 1 aliphatic heterocycles. The van der Waals surface area contributed by atoms with Gasteiger partial charge in [-0.2, -0.15) is 5.10 Å². The Labute approximate surface area is 159 Å². The van der Waals surface area contributed by atoms with Gasteiger partial charge >= 0.3 is 0 Å².